The summed E-state index contributed by atoms with van der Waals surface area (Å²) in [6, 6.07) is 18.7. The van der Waals surface area contributed by atoms with Crippen molar-refractivity contribution in [3.63, 3.8) is 0 Å². The van der Waals surface area contributed by atoms with Crippen molar-refractivity contribution in [2.75, 3.05) is 13.1 Å². The van der Waals surface area contributed by atoms with Gasteiger partial charge in [0.15, 0.2) is 0 Å². The van der Waals surface area contributed by atoms with Crippen molar-refractivity contribution in [3.05, 3.63) is 77.0 Å². The van der Waals surface area contributed by atoms with E-state index in [1.165, 1.54) is 49.0 Å². The average Bonchev–Trinajstić information content (AvgIpc) is 3.41. The van der Waals surface area contributed by atoms with Crippen LogP contribution in [0.3, 0.4) is 0 Å². The molecule has 0 spiro atoms. The van der Waals surface area contributed by atoms with Crippen molar-refractivity contribution >= 4 is 6.08 Å². The standard InChI is InChI=1S/C23H26N2/c1-2-6-22-16-25(13-10-19(22)5-1)23-11-12-24(17-23)15-18-4-3-7-21(14-18)20-8-9-20/h1-7,10,13-14,20,23H,8-9,11-12,15-17H2/t23-/m0/s1. The predicted octanol–water partition coefficient (Wildman–Crippen LogP) is 4.62. The lowest BCUT2D eigenvalue weighted by Gasteiger charge is -2.31. The Hall–Kier alpha value is -2.06. The van der Waals surface area contributed by atoms with Gasteiger partial charge in [-0.2, -0.15) is 0 Å². The summed E-state index contributed by atoms with van der Waals surface area (Å²) in [5.41, 5.74) is 5.89. The molecule has 3 aliphatic rings. The van der Waals surface area contributed by atoms with E-state index in [-0.39, 0.29) is 0 Å². The van der Waals surface area contributed by atoms with Crippen LogP contribution in [-0.4, -0.2) is 28.9 Å². The third-order valence-electron chi connectivity index (χ3n) is 5.98. The third kappa shape index (κ3) is 3.23. The molecule has 5 rings (SSSR count). The van der Waals surface area contributed by atoms with Gasteiger partial charge in [0, 0.05) is 38.4 Å². The maximum absolute atomic E-state index is 2.63. The Kier molecular flexibility index (Phi) is 3.86. The van der Waals surface area contributed by atoms with Crippen molar-refractivity contribution < 1.29 is 0 Å². The van der Waals surface area contributed by atoms with E-state index in [0.717, 1.165) is 19.0 Å². The zero-order valence-corrected chi connectivity index (χ0v) is 14.8. The van der Waals surface area contributed by atoms with E-state index in [2.05, 4.69) is 70.6 Å². The van der Waals surface area contributed by atoms with E-state index in [4.69, 9.17) is 0 Å². The number of rotatable bonds is 4. The summed E-state index contributed by atoms with van der Waals surface area (Å²) in [6.45, 7) is 4.55. The van der Waals surface area contributed by atoms with Gasteiger partial charge in [-0.15, -0.1) is 0 Å². The van der Waals surface area contributed by atoms with Crippen LogP contribution >= 0.6 is 0 Å². The fourth-order valence-electron chi connectivity index (χ4n) is 4.36. The van der Waals surface area contributed by atoms with Crippen LogP contribution in [0.4, 0.5) is 0 Å². The molecular formula is C23H26N2. The number of nitrogens with zero attached hydrogens (tertiary/aromatic N) is 2. The summed E-state index contributed by atoms with van der Waals surface area (Å²) < 4.78 is 0. The first-order chi connectivity index (χ1) is 12.3. The van der Waals surface area contributed by atoms with Gasteiger partial charge in [0.25, 0.3) is 0 Å². The lowest BCUT2D eigenvalue weighted by Crippen LogP contribution is -2.34. The molecule has 2 fully saturated rings. The second kappa shape index (κ2) is 6.34. The van der Waals surface area contributed by atoms with Crippen LogP contribution in [0, 0.1) is 0 Å². The number of hydrogen-bond donors (Lipinski definition) is 0. The van der Waals surface area contributed by atoms with Crippen molar-refractivity contribution in [1.82, 2.24) is 9.80 Å². The van der Waals surface area contributed by atoms with Crippen LogP contribution in [0.15, 0.2) is 54.7 Å². The summed E-state index contributed by atoms with van der Waals surface area (Å²) in [7, 11) is 0. The van der Waals surface area contributed by atoms with Gasteiger partial charge in [0.2, 0.25) is 0 Å². The van der Waals surface area contributed by atoms with Gasteiger partial charge in [-0.05, 0) is 53.5 Å². The molecule has 2 aromatic rings. The highest BCUT2D eigenvalue weighted by Gasteiger charge is 2.28. The molecule has 0 radical (unpaired) electrons. The molecule has 2 aliphatic heterocycles. The zero-order chi connectivity index (χ0) is 16.6. The van der Waals surface area contributed by atoms with Crippen LogP contribution in [0.5, 0.6) is 0 Å². The molecule has 2 nitrogen and oxygen atoms in total. The Morgan fingerprint density at radius 2 is 1.88 bits per heavy atom. The van der Waals surface area contributed by atoms with Crippen LogP contribution < -0.4 is 0 Å². The Labute approximate surface area is 150 Å². The molecule has 25 heavy (non-hydrogen) atoms. The van der Waals surface area contributed by atoms with Crippen molar-refractivity contribution in [1.29, 1.82) is 0 Å². The van der Waals surface area contributed by atoms with E-state index in [0.29, 0.717) is 6.04 Å². The SMILES string of the molecule is C1=CN([C@H]2CCN(Cc3cccc(C4CC4)c3)C2)Cc2ccccc21. The molecule has 0 amide bonds. The molecule has 0 bridgehead atoms. The van der Waals surface area contributed by atoms with Gasteiger partial charge in [0.05, 0.1) is 0 Å². The highest BCUT2D eigenvalue weighted by atomic mass is 15.2. The second-order valence-corrected chi connectivity index (χ2v) is 7.88. The molecule has 1 aliphatic carbocycles. The van der Waals surface area contributed by atoms with Crippen LogP contribution in [0.2, 0.25) is 0 Å². The highest BCUT2D eigenvalue weighted by Crippen LogP contribution is 2.40. The first-order valence-corrected chi connectivity index (χ1v) is 9.68. The summed E-state index contributed by atoms with van der Waals surface area (Å²) >= 11 is 0. The lowest BCUT2D eigenvalue weighted by molar-refractivity contribution is 0.247. The van der Waals surface area contributed by atoms with Crippen molar-refractivity contribution in [2.45, 2.75) is 44.3 Å². The molecule has 0 unspecified atom stereocenters. The van der Waals surface area contributed by atoms with E-state index in [1.807, 2.05) is 0 Å². The summed E-state index contributed by atoms with van der Waals surface area (Å²) in [5.74, 6) is 0.852. The van der Waals surface area contributed by atoms with Gasteiger partial charge in [-0.1, -0.05) is 48.5 Å². The Morgan fingerprint density at radius 1 is 0.960 bits per heavy atom. The molecule has 1 saturated carbocycles. The molecule has 2 heteroatoms. The molecule has 128 valence electrons. The number of likely N-dealkylation sites (tertiary alicyclic amines) is 1. The first kappa shape index (κ1) is 15.2. The maximum Gasteiger partial charge on any atom is 0.0433 e. The fraction of sp³-hybridized carbons (Fsp3) is 0.391. The minimum absolute atomic E-state index is 0.649. The Bertz CT molecular complexity index is 790. The number of benzene rings is 2. The Balaban J connectivity index is 1.23. The molecule has 1 saturated heterocycles. The highest BCUT2D eigenvalue weighted by molar-refractivity contribution is 5.55. The largest absolute Gasteiger partial charge is 0.369 e. The van der Waals surface area contributed by atoms with E-state index in [9.17, 15) is 0 Å². The second-order valence-electron chi connectivity index (χ2n) is 7.88. The van der Waals surface area contributed by atoms with Crippen LogP contribution in [0.25, 0.3) is 6.08 Å². The maximum atomic E-state index is 2.63. The number of hydrogen-bond acceptors (Lipinski definition) is 2. The minimum Gasteiger partial charge on any atom is -0.369 e. The average molecular weight is 330 g/mol. The van der Waals surface area contributed by atoms with E-state index >= 15 is 0 Å². The van der Waals surface area contributed by atoms with Gasteiger partial charge < -0.3 is 4.90 Å². The third-order valence-corrected chi connectivity index (χ3v) is 5.98. The Morgan fingerprint density at radius 3 is 2.80 bits per heavy atom. The molecular weight excluding hydrogens is 304 g/mol. The quantitative estimate of drug-likeness (QED) is 0.807. The smallest absolute Gasteiger partial charge is 0.0433 e. The van der Waals surface area contributed by atoms with Gasteiger partial charge in [-0.25, -0.2) is 0 Å². The first-order valence-electron chi connectivity index (χ1n) is 9.68. The van der Waals surface area contributed by atoms with E-state index in [1.54, 1.807) is 5.56 Å². The van der Waals surface area contributed by atoms with Gasteiger partial charge >= 0.3 is 0 Å². The van der Waals surface area contributed by atoms with Gasteiger partial charge in [0.1, 0.15) is 0 Å². The van der Waals surface area contributed by atoms with Crippen molar-refractivity contribution in [2.24, 2.45) is 0 Å². The molecule has 0 aromatic heterocycles. The molecule has 2 heterocycles. The predicted molar refractivity (Wildman–Crippen MR) is 103 cm³/mol. The van der Waals surface area contributed by atoms with Gasteiger partial charge in [-0.3, -0.25) is 4.90 Å². The summed E-state index contributed by atoms with van der Waals surface area (Å²) in [4.78, 5) is 5.17. The van der Waals surface area contributed by atoms with Crippen LogP contribution in [0.1, 0.15) is 47.4 Å². The van der Waals surface area contributed by atoms with Crippen molar-refractivity contribution in [3.8, 4) is 0 Å². The monoisotopic (exact) mass is 330 g/mol. The molecule has 0 N–H and O–H groups in total. The van der Waals surface area contributed by atoms with E-state index < -0.39 is 0 Å². The van der Waals surface area contributed by atoms with Crippen LogP contribution in [-0.2, 0) is 13.1 Å². The fourth-order valence-corrected chi connectivity index (χ4v) is 4.36. The number of fused-ring (bicyclic) bond motifs is 1. The minimum atomic E-state index is 0.649. The lowest BCUT2D eigenvalue weighted by atomic mass is 10.0. The normalized spacial score (nSPS) is 23.0. The zero-order valence-electron chi connectivity index (χ0n) is 14.8. The summed E-state index contributed by atoms with van der Waals surface area (Å²) in [5, 5.41) is 0. The molecule has 1 atom stereocenters. The molecule has 2 aromatic carbocycles. The summed E-state index contributed by atoms with van der Waals surface area (Å²) in [6.07, 6.45) is 8.63. The topological polar surface area (TPSA) is 6.48 Å².